The van der Waals surface area contributed by atoms with Crippen molar-refractivity contribution in [3.8, 4) is 22.7 Å². The van der Waals surface area contributed by atoms with E-state index in [4.69, 9.17) is 14.6 Å². The molecular weight excluding hydrogens is 536 g/mol. The molecule has 1 atom stereocenters. The highest BCUT2D eigenvalue weighted by Crippen LogP contribution is 2.50. The lowest BCUT2D eigenvalue weighted by atomic mass is 9.98. The van der Waals surface area contributed by atoms with E-state index in [1.807, 2.05) is 78.3 Å². The van der Waals surface area contributed by atoms with Crippen LogP contribution in [0.4, 0.5) is 5.82 Å². The van der Waals surface area contributed by atoms with E-state index >= 15 is 0 Å². The number of aryl methyl sites for hydroxylation is 1. The molecule has 212 valence electrons. The van der Waals surface area contributed by atoms with Gasteiger partial charge in [0.1, 0.15) is 18.1 Å². The number of benzene rings is 3. The van der Waals surface area contributed by atoms with Crippen molar-refractivity contribution in [3.63, 3.8) is 0 Å². The van der Waals surface area contributed by atoms with E-state index in [2.05, 4.69) is 18.3 Å². The highest BCUT2D eigenvalue weighted by Gasteiger charge is 2.38. The molecule has 41 heavy (non-hydrogen) atoms. The number of methoxy groups -OCH3 is 2. The number of nitrogens with one attached hydrogen (secondary N) is 1. The number of fused-ring (bicyclic) bond motifs is 1. The molecular formula is C32H34N4O4S. The Morgan fingerprint density at radius 2 is 1.78 bits per heavy atom. The number of carbonyl (C=O) groups is 2. The zero-order valence-corrected chi connectivity index (χ0v) is 24.5. The van der Waals surface area contributed by atoms with Crippen molar-refractivity contribution in [2.45, 2.75) is 19.1 Å². The van der Waals surface area contributed by atoms with Gasteiger partial charge < -0.3 is 14.8 Å². The molecule has 0 fully saturated rings. The van der Waals surface area contributed by atoms with Gasteiger partial charge in [-0.3, -0.25) is 14.5 Å². The van der Waals surface area contributed by atoms with Crippen molar-refractivity contribution in [2.75, 3.05) is 44.6 Å². The van der Waals surface area contributed by atoms with E-state index in [0.717, 1.165) is 44.9 Å². The van der Waals surface area contributed by atoms with E-state index < -0.39 is 0 Å². The Labute approximate surface area is 244 Å². The molecule has 1 aliphatic rings. The highest BCUT2D eigenvalue weighted by atomic mass is 32.2. The Balaban J connectivity index is 1.80. The van der Waals surface area contributed by atoms with Gasteiger partial charge in [0, 0.05) is 30.3 Å². The number of aromatic nitrogens is 2. The van der Waals surface area contributed by atoms with Gasteiger partial charge in [-0.05, 0) is 37.1 Å². The zero-order valence-electron chi connectivity index (χ0n) is 23.7. The molecule has 1 N–H and O–H groups in total. The summed E-state index contributed by atoms with van der Waals surface area (Å²) in [6.45, 7) is 4.70. The lowest BCUT2D eigenvalue weighted by Gasteiger charge is -2.24. The van der Waals surface area contributed by atoms with Crippen molar-refractivity contribution in [1.82, 2.24) is 15.1 Å². The third-order valence-corrected chi connectivity index (χ3v) is 8.53. The fraction of sp³-hybridized carbons (Fsp3) is 0.281. The van der Waals surface area contributed by atoms with E-state index in [0.29, 0.717) is 19.0 Å². The van der Waals surface area contributed by atoms with Gasteiger partial charge in [0.05, 0.1) is 36.1 Å². The zero-order chi connectivity index (χ0) is 28.9. The lowest BCUT2D eigenvalue weighted by molar-refractivity contribution is -0.123. The second-order valence-electron chi connectivity index (χ2n) is 9.84. The minimum Gasteiger partial charge on any atom is -0.496 e. The fourth-order valence-corrected chi connectivity index (χ4v) is 6.31. The van der Waals surface area contributed by atoms with Crippen molar-refractivity contribution in [1.29, 1.82) is 0 Å². The third-order valence-electron chi connectivity index (χ3n) is 7.29. The third kappa shape index (κ3) is 5.73. The summed E-state index contributed by atoms with van der Waals surface area (Å²) in [6.07, 6.45) is 0. The van der Waals surface area contributed by atoms with Gasteiger partial charge >= 0.3 is 0 Å². The summed E-state index contributed by atoms with van der Waals surface area (Å²) in [5, 5.41) is 7.78. The second kappa shape index (κ2) is 12.6. The SMILES string of the molecule is COCCNC(=O)CN1C(=O)CSC(c2ccccc2OC)c2c(-c3ccccc3)nn(-c3cccc(C)c3C)c21. The topological polar surface area (TPSA) is 85.7 Å². The maximum atomic E-state index is 13.9. The van der Waals surface area contributed by atoms with Crippen LogP contribution in [0.1, 0.15) is 27.5 Å². The molecule has 0 saturated heterocycles. The fourth-order valence-electron chi connectivity index (χ4n) is 5.08. The normalized spacial score (nSPS) is 14.9. The number of carbonyl (C=O) groups excluding carboxylic acids is 2. The van der Waals surface area contributed by atoms with Crippen LogP contribution in [0.2, 0.25) is 0 Å². The van der Waals surface area contributed by atoms with Gasteiger partial charge in [0.25, 0.3) is 0 Å². The standard InChI is InChI=1S/C32H34N4O4S/c1-21-11-10-15-25(22(21)2)36-32-29(30(34-36)23-12-6-5-7-13-23)31(24-14-8-9-16-26(24)40-4)41-20-28(38)35(32)19-27(37)33-17-18-39-3/h5-16,31H,17-20H2,1-4H3,(H,33,37). The molecule has 0 saturated carbocycles. The number of thioether (sulfide) groups is 1. The summed E-state index contributed by atoms with van der Waals surface area (Å²) in [4.78, 5) is 28.6. The molecule has 1 aromatic heterocycles. The molecule has 1 aliphatic heterocycles. The average molecular weight is 571 g/mol. The molecule has 0 bridgehead atoms. The summed E-state index contributed by atoms with van der Waals surface area (Å²) >= 11 is 1.52. The largest absolute Gasteiger partial charge is 0.496 e. The number of hydrogen-bond acceptors (Lipinski definition) is 6. The number of ether oxygens (including phenoxy) is 2. The van der Waals surface area contributed by atoms with Crippen LogP contribution in [0.15, 0.2) is 72.8 Å². The maximum Gasteiger partial charge on any atom is 0.240 e. The number of amides is 2. The average Bonchev–Trinajstić information content (AvgIpc) is 3.31. The number of para-hydroxylation sites is 1. The first-order chi connectivity index (χ1) is 19.9. The van der Waals surface area contributed by atoms with Gasteiger partial charge in [-0.25, -0.2) is 4.68 Å². The van der Waals surface area contributed by atoms with Gasteiger partial charge in [-0.2, -0.15) is 5.10 Å². The molecule has 2 heterocycles. The van der Waals surface area contributed by atoms with Crippen LogP contribution in [0.5, 0.6) is 5.75 Å². The molecule has 4 aromatic rings. The smallest absolute Gasteiger partial charge is 0.240 e. The van der Waals surface area contributed by atoms with Crippen LogP contribution in [0, 0.1) is 13.8 Å². The van der Waals surface area contributed by atoms with Crippen molar-refractivity contribution < 1.29 is 19.1 Å². The molecule has 2 amide bonds. The first-order valence-electron chi connectivity index (χ1n) is 13.5. The first-order valence-corrected chi connectivity index (χ1v) is 14.5. The molecule has 9 heteroatoms. The Morgan fingerprint density at radius 3 is 2.54 bits per heavy atom. The molecule has 5 rings (SSSR count). The first kappa shape index (κ1) is 28.4. The predicted octanol–water partition coefficient (Wildman–Crippen LogP) is 5.10. The van der Waals surface area contributed by atoms with E-state index in [1.165, 1.54) is 11.8 Å². The molecule has 8 nitrogen and oxygen atoms in total. The summed E-state index contributed by atoms with van der Waals surface area (Å²) in [7, 11) is 3.24. The van der Waals surface area contributed by atoms with Gasteiger partial charge in [-0.15, -0.1) is 11.8 Å². The summed E-state index contributed by atoms with van der Waals surface area (Å²) in [6, 6.07) is 23.9. The highest BCUT2D eigenvalue weighted by molar-refractivity contribution is 8.00. The van der Waals surface area contributed by atoms with Crippen LogP contribution in [0.25, 0.3) is 16.9 Å². The molecule has 3 aromatic carbocycles. The molecule has 1 unspecified atom stereocenters. The van der Waals surface area contributed by atoms with Crippen molar-refractivity contribution in [2.24, 2.45) is 0 Å². The monoisotopic (exact) mass is 570 g/mol. The van der Waals surface area contributed by atoms with Crippen molar-refractivity contribution in [3.05, 3.63) is 95.1 Å². The number of rotatable bonds is 9. The minimum absolute atomic E-state index is 0.139. The quantitative estimate of drug-likeness (QED) is 0.282. The van der Waals surface area contributed by atoms with Crippen LogP contribution in [-0.2, 0) is 14.3 Å². The summed E-state index contributed by atoms with van der Waals surface area (Å²) in [5.74, 6) is 1.07. The van der Waals surface area contributed by atoms with Crippen LogP contribution >= 0.6 is 11.8 Å². The summed E-state index contributed by atoms with van der Waals surface area (Å²) < 4.78 is 12.7. The Kier molecular flexibility index (Phi) is 8.75. The Morgan fingerprint density at radius 1 is 1.02 bits per heavy atom. The predicted molar refractivity (Wildman–Crippen MR) is 163 cm³/mol. The van der Waals surface area contributed by atoms with E-state index in [9.17, 15) is 9.59 Å². The second-order valence-corrected chi connectivity index (χ2v) is 10.9. The summed E-state index contributed by atoms with van der Waals surface area (Å²) in [5.41, 5.74) is 6.48. The van der Waals surface area contributed by atoms with Crippen LogP contribution in [0.3, 0.4) is 0 Å². The Bertz CT molecular complexity index is 1550. The van der Waals surface area contributed by atoms with Crippen molar-refractivity contribution >= 4 is 29.4 Å². The van der Waals surface area contributed by atoms with Gasteiger partial charge in [0.15, 0.2) is 0 Å². The van der Waals surface area contributed by atoms with Gasteiger partial charge in [0.2, 0.25) is 11.8 Å². The molecule has 0 aliphatic carbocycles. The molecule has 0 spiro atoms. The van der Waals surface area contributed by atoms with Crippen LogP contribution < -0.4 is 15.0 Å². The number of hydrogen-bond donors (Lipinski definition) is 1. The maximum absolute atomic E-state index is 13.9. The molecule has 0 radical (unpaired) electrons. The van der Waals surface area contributed by atoms with E-state index in [1.54, 1.807) is 19.1 Å². The minimum atomic E-state index is -0.277. The van der Waals surface area contributed by atoms with E-state index in [-0.39, 0.29) is 29.4 Å². The van der Waals surface area contributed by atoms with Crippen LogP contribution in [-0.4, -0.2) is 61.3 Å². The lowest BCUT2D eigenvalue weighted by Crippen LogP contribution is -2.43. The number of nitrogens with zero attached hydrogens (tertiary/aromatic N) is 3. The van der Waals surface area contributed by atoms with Gasteiger partial charge in [-0.1, -0.05) is 60.7 Å². The number of anilines is 1. The Hall–Kier alpha value is -4.08.